The van der Waals surface area contributed by atoms with Gasteiger partial charge in [0.15, 0.2) is 9.84 Å². The van der Waals surface area contributed by atoms with Crippen molar-refractivity contribution >= 4 is 21.4 Å². The van der Waals surface area contributed by atoms with Crippen LogP contribution in [0, 0.1) is 20.8 Å². The summed E-state index contributed by atoms with van der Waals surface area (Å²) in [5, 5.41) is 0. The molecule has 0 saturated carbocycles. The average molecular weight is 345 g/mol. The molecule has 0 unspecified atom stereocenters. The maximum absolute atomic E-state index is 13.1. The molecule has 0 aliphatic heterocycles. The van der Waals surface area contributed by atoms with Crippen LogP contribution >= 0.6 is 0 Å². The molecule has 0 N–H and O–H groups in total. The van der Waals surface area contributed by atoms with Gasteiger partial charge in [-0.2, -0.15) is 0 Å². The third kappa shape index (κ3) is 3.51. The zero-order valence-corrected chi connectivity index (χ0v) is 15.6. The van der Waals surface area contributed by atoms with Crippen LogP contribution in [0.15, 0.2) is 41.3 Å². The molecule has 128 valence electrons. The summed E-state index contributed by atoms with van der Waals surface area (Å²) in [6, 6.07) is 10.5. The number of benzene rings is 2. The maximum Gasteiger partial charge on any atom is 0.258 e. The molecule has 4 nitrogen and oxygen atoms in total. The van der Waals surface area contributed by atoms with Gasteiger partial charge >= 0.3 is 0 Å². The second kappa shape index (κ2) is 6.77. The van der Waals surface area contributed by atoms with Gasteiger partial charge < -0.3 is 4.90 Å². The van der Waals surface area contributed by atoms with E-state index < -0.39 is 9.84 Å². The molecule has 0 heterocycles. The first-order chi connectivity index (χ1) is 11.2. The summed E-state index contributed by atoms with van der Waals surface area (Å²) < 4.78 is 23.6. The van der Waals surface area contributed by atoms with E-state index in [1.807, 2.05) is 45.9 Å². The Morgan fingerprint density at radius 2 is 1.71 bits per heavy atom. The van der Waals surface area contributed by atoms with Gasteiger partial charge in [0, 0.05) is 24.1 Å². The van der Waals surface area contributed by atoms with E-state index in [1.54, 1.807) is 11.0 Å². The third-order valence-corrected chi connectivity index (χ3v) is 5.41. The molecule has 0 aliphatic rings. The summed E-state index contributed by atoms with van der Waals surface area (Å²) >= 11 is 0. The number of anilines is 1. The lowest BCUT2D eigenvalue weighted by atomic mass is 10.0. The minimum Gasteiger partial charge on any atom is -0.308 e. The molecule has 5 heteroatoms. The zero-order chi connectivity index (χ0) is 18.1. The Morgan fingerprint density at radius 1 is 1.04 bits per heavy atom. The largest absolute Gasteiger partial charge is 0.308 e. The Morgan fingerprint density at radius 3 is 2.29 bits per heavy atom. The quantitative estimate of drug-likeness (QED) is 0.849. The molecule has 24 heavy (non-hydrogen) atoms. The van der Waals surface area contributed by atoms with Gasteiger partial charge in [0.1, 0.15) is 0 Å². The Hall–Kier alpha value is -2.14. The van der Waals surface area contributed by atoms with E-state index in [9.17, 15) is 13.2 Å². The van der Waals surface area contributed by atoms with Crippen molar-refractivity contribution < 1.29 is 13.2 Å². The minimum atomic E-state index is -3.36. The molecule has 0 saturated heterocycles. The Balaban J connectivity index is 2.55. The molecule has 2 rings (SSSR count). The van der Waals surface area contributed by atoms with Crippen LogP contribution in [0.5, 0.6) is 0 Å². The summed E-state index contributed by atoms with van der Waals surface area (Å²) in [7, 11) is -3.36. The van der Waals surface area contributed by atoms with Crippen LogP contribution in [0.3, 0.4) is 0 Å². The van der Waals surface area contributed by atoms with Crippen LogP contribution < -0.4 is 4.90 Å². The number of hydrogen-bond acceptors (Lipinski definition) is 3. The van der Waals surface area contributed by atoms with E-state index in [2.05, 4.69) is 0 Å². The van der Waals surface area contributed by atoms with Crippen molar-refractivity contribution in [2.24, 2.45) is 0 Å². The number of carbonyl (C=O) groups excluding carboxylic acids is 1. The molecule has 0 atom stereocenters. The monoisotopic (exact) mass is 345 g/mol. The minimum absolute atomic E-state index is 0.161. The predicted octanol–water partition coefficient (Wildman–Crippen LogP) is 3.68. The van der Waals surface area contributed by atoms with E-state index in [1.165, 1.54) is 12.1 Å². The summed E-state index contributed by atoms with van der Waals surface area (Å²) in [5.74, 6) is -0.186. The average Bonchev–Trinajstić information content (AvgIpc) is 2.51. The molecule has 2 aromatic rings. The normalized spacial score (nSPS) is 11.4. The van der Waals surface area contributed by atoms with Crippen LogP contribution in [0.4, 0.5) is 5.69 Å². The highest BCUT2D eigenvalue weighted by Crippen LogP contribution is 2.26. The second-order valence-corrected chi connectivity index (χ2v) is 8.03. The van der Waals surface area contributed by atoms with Crippen molar-refractivity contribution in [2.75, 3.05) is 17.7 Å². The highest BCUT2D eigenvalue weighted by atomic mass is 32.2. The first kappa shape index (κ1) is 18.2. The fourth-order valence-electron chi connectivity index (χ4n) is 2.66. The fraction of sp³-hybridized carbons (Fsp3) is 0.316. The molecule has 0 bridgehead atoms. The van der Waals surface area contributed by atoms with Gasteiger partial charge in [-0.1, -0.05) is 18.2 Å². The van der Waals surface area contributed by atoms with Gasteiger partial charge in [0.05, 0.1) is 4.90 Å². The molecule has 0 fully saturated rings. The van der Waals surface area contributed by atoms with Crippen molar-refractivity contribution in [3.63, 3.8) is 0 Å². The topological polar surface area (TPSA) is 54.5 Å². The first-order valence-corrected chi connectivity index (χ1v) is 9.74. The number of carbonyl (C=O) groups is 1. The van der Waals surface area contributed by atoms with Crippen LogP contribution in [-0.2, 0) is 9.84 Å². The van der Waals surface area contributed by atoms with Crippen molar-refractivity contribution in [1.82, 2.24) is 0 Å². The van der Waals surface area contributed by atoms with E-state index in [-0.39, 0.29) is 10.8 Å². The number of amides is 1. The maximum atomic E-state index is 13.1. The summed E-state index contributed by atoms with van der Waals surface area (Å²) in [6.45, 7) is 8.23. The number of rotatable bonds is 4. The van der Waals surface area contributed by atoms with E-state index in [4.69, 9.17) is 0 Å². The van der Waals surface area contributed by atoms with Crippen LogP contribution in [0.2, 0.25) is 0 Å². The molecule has 0 spiro atoms. The number of sulfone groups is 1. The van der Waals surface area contributed by atoms with Crippen LogP contribution in [0.25, 0.3) is 0 Å². The lowest BCUT2D eigenvalue weighted by Gasteiger charge is -2.25. The summed E-state index contributed by atoms with van der Waals surface area (Å²) in [5.41, 5.74) is 4.19. The number of aryl methyl sites for hydroxylation is 2. The Kier molecular flexibility index (Phi) is 5.13. The van der Waals surface area contributed by atoms with Crippen LogP contribution in [0.1, 0.15) is 34.0 Å². The summed E-state index contributed by atoms with van der Waals surface area (Å²) in [6.07, 6.45) is 1.15. The zero-order valence-electron chi connectivity index (χ0n) is 14.8. The van der Waals surface area contributed by atoms with Gasteiger partial charge in [-0.15, -0.1) is 0 Å². The number of hydrogen-bond donors (Lipinski definition) is 0. The lowest BCUT2D eigenvalue weighted by Crippen LogP contribution is -2.32. The predicted molar refractivity (Wildman–Crippen MR) is 97.6 cm³/mol. The summed E-state index contributed by atoms with van der Waals surface area (Å²) in [4.78, 5) is 14.9. The molecular formula is C19H23NO3S. The van der Waals surface area contributed by atoms with Gasteiger partial charge in [0.2, 0.25) is 0 Å². The van der Waals surface area contributed by atoms with Crippen molar-refractivity contribution in [3.8, 4) is 0 Å². The molecule has 0 aliphatic carbocycles. The van der Waals surface area contributed by atoms with E-state index in [0.717, 1.165) is 28.6 Å². The van der Waals surface area contributed by atoms with Gasteiger partial charge in [-0.05, 0) is 62.6 Å². The van der Waals surface area contributed by atoms with Gasteiger partial charge in [-0.25, -0.2) is 8.42 Å². The van der Waals surface area contributed by atoms with Crippen molar-refractivity contribution in [1.29, 1.82) is 0 Å². The van der Waals surface area contributed by atoms with Gasteiger partial charge in [0.25, 0.3) is 5.91 Å². The van der Waals surface area contributed by atoms with E-state index >= 15 is 0 Å². The van der Waals surface area contributed by atoms with E-state index in [0.29, 0.717) is 12.1 Å². The van der Waals surface area contributed by atoms with Crippen molar-refractivity contribution in [3.05, 3.63) is 58.7 Å². The Bertz CT molecular complexity index is 885. The third-order valence-electron chi connectivity index (χ3n) is 4.30. The molecule has 1 amide bonds. The smallest absolute Gasteiger partial charge is 0.258 e. The second-order valence-electron chi connectivity index (χ2n) is 6.02. The SMILES string of the molecule is CCN(C(=O)c1cc(S(C)(=O)=O)ccc1C)c1cccc(C)c1C. The van der Waals surface area contributed by atoms with Crippen molar-refractivity contribution in [2.45, 2.75) is 32.6 Å². The highest BCUT2D eigenvalue weighted by Gasteiger charge is 2.21. The Labute approximate surface area is 144 Å². The molecule has 0 radical (unpaired) electrons. The molecular weight excluding hydrogens is 322 g/mol. The molecule has 2 aromatic carbocycles. The highest BCUT2D eigenvalue weighted by molar-refractivity contribution is 7.90. The molecule has 0 aromatic heterocycles. The standard InChI is InChI=1S/C19H23NO3S/c1-6-20(18-9-7-8-13(2)15(18)4)19(21)17-12-16(24(5,22)23)11-10-14(17)3/h7-12H,6H2,1-5H3. The lowest BCUT2D eigenvalue weighted by molar-refractivity contribution is 0.0987. The van der Waals surface area contributed by atoms with Gasteiger partial charge in [-0.3, -0.25) is 4.79 Å². The van der Waals surface area contributed by atoms with Crippen LogP contribution in [-0.4, -0.2) is 27.1 Å². The first-order valence-electron chi connectivity index (χ1n) is 7.85. The fourth-order valence-corrected chi connectivity index (χ4v) is 3.31. The number of nitrogens with zero attached hydrogens (tertiary/aromatic N) is 1.